The zero-order valence-electron chi connectivity index (χ0n) is 15.6. The highest BCUT2D eigenvalue weighted by Crippen LogP contribution is 2.52. The molecule has 0 saturated heterocycles. The smallest absolute Gasteiger partial charge is 0.247 e. The second-order valence-electron chi connectivity index (χ2n) is 8.35. The van der Waals surface area contributed by atoms with E-state index in [1.807, 2.05) is 30.3 Å². The van der Waals surface area contributed by atoms with Gasteiger partial charge in [0.05, 0.1) is 6.04 Å². The molecule has 2 aromatic carbocycles. The summed E-state index contributed by atoms with van der Waals surface area (Å²) in [5, 5.41) is 1.44. The van der Waals surface area contributed by atoms with Crippen LogP contribution in [0, 0.1) is 11.8 Å². The summed E-state index contributed by atoms with van der Waals surface area (Å²) in [5.74, 6) is 1.52. The molecule has 2 unspecified atom stereocenters. The van der Waals surface area contributed by atoms with Gasteiger partial charge in [0.15, 0.2) is 0 Å². The van der Waals surface area contributed by atoms with Gasteiger partial charge in [-0.15, -0.1) is 0 Å². The first-order valence-corrected chi connectivity index (χ1v) is 10.9. The number of halogens is 2. The van der Waals surface area contributed by atoms with E-state index in [4.69, 9.17) is 23.2 Å². The topological polar surface area (TPSA) is 20.3 Å². The van der Waals surface area contributed by atoms with E-state index in [2.05, 4.69) is 29.2 Å². The Morgan fingerprint density at radius 2 is 1.54 bits per heavy atom. The second kappa shape index (κ2) is 7.24. The molecule has 2 fully saturated rings. The van der Waals surface area contributed by atoms with E-state index >= 15 is 0 Å². The lowest BCUT2D eigenvalue weighted by atomic mass is 9.81. The lowest BCUT2D eigenvalue weighted by Gasteiger charge is -2.44. The largest absolute Gasteiger partial charge is 0.328 e. The van der Waals surface area contributed by atoms with Gasteiger partial charge in [0.25, 0.3) is 0 Å². The molecule has 0 N–H and O–H groups in total. The molecule has 4 heteroatoms. The Labute approximate surface area is 176 Å². The predicted octanol–water partition coefficient (Wildman–Crippen LogP) is 6.41. The van der Waals surface area contributed by atoms with Gasteiger partial charge in [-0.3, -0.25) is 4.79 Å². The predicted molar refractivity (Wildman–Crippen MR) is 114 cm³/mol. The maximum Gasteiger partial charge on any atom is 0.247 e. The molecule has 5 rings (SSSR count). The van der Waals surface area contributed by atoms with Crippen molar-refractivity contribution in [3.63, 3.8) is 0 Å². The van der Waals surface area contributed by atoms with E-state index in [1.165, 1.54) is 25.7 Å². The molecule has 0 bridgehead atoms. The lowest BCUT2D eigenvalue weighted by Crippen LogP contribution is -2.48. The molecule has 0 spiro atoms. The Morgan fingerprint density at radius 3 is 2.14 bits per heavy atom. The summed E-state index contributed by atoms with van der Waals surface area (Å²) in [7, 11) is 0. The van der Waals surface area contributed by atoms with Gasteiger partial charge >= 0.3 is 0 Å². The van der Waals surface area contributed by atoms with Crippen molar-refractivity contribution in [1.29, 1.82) is 0 Å². The van der Waals surface area contributed by atoms with Crippen LogP contribution >= 0.6 is 23.2 Å². The van der Waals surface area contributed by atoms with E-state index in [0.717, 1.165) is 16.1 Å². The molecule has 144 valence electrons. The summed E-state index contributed by atoms with van der Waals surface area (Å²) in [5.41, 5.74) is 2.28. The number of carbonyl (C=O) groups is 1. The van der Waals surface area contributed by atoms with Crippen molar-refractivity contribution in [3.05, 3.63) is 81.9 Å². The Bertz CT molecular complexity index is 902. The van der Waals surface area contributed by atoms with Gasteiger partial charge in [-0.1, -0.05) is 53.5 Å². The van der Waals surface area contributed by atoms with Crippen LogP contribution < -0.4 is 0 Å². The standard InChI is InChI=1S/C24H23Cl2NO/c25-19-10-8-17(9-11-19)24-21(18-2-1-3-20(26)14-18)12-13-22(28)27(24)23(15-4-5-15)16-6-7-16/h1-3,8-16,21,23-24H,4-7H2. The maximum absolute atomic E-state index is 13.2. The molecule has 2 atom stereocenters. The van der Waals surface area contributed by atoms with E-state index in [0.29, 0.717) is 22.9 Å². The highest BCUT2D eigenvalue weighted by atomic mass is 35.5. The van der Waals surface area contributed by atoms with Crippen LogP contribution in [0.15, 0.2) is 60.7 Å². The SMILES string of the molecule is O=C1C=CC(c2cccc(Cl)c2)C(c2ccc(Cl)cc2)N1C(C1CC1)C1CC1. The first-order chi connectivity index (χ1) is 13.6. The van der Waals surface area contributed by atoms with Crippen LogP contribution in [0.4, 0.5) is 0 Å². The van der Waals surface area contributed by atoms with Gasteiger partial charge in [-0.2, -0.15) is 0 Å². The van der Waals surface area contributed by atoms with E-state index < -0.39 is 0 Å². The van der Waals surface area contributed by atoms with Gasteiger partial charge in [-0.05, 0) is 79.0 Å². The molecule has 1 amide bonds. The highest BCUT2D eigenvalue weighted by Gasteiger charge is 2.50. The quantitative estimate of drug-likeness (QED) is 0.556. The molecule has 2 aromatic rings. The Morgan fingerprint density at radius 1 is 0.857 bits per heavy atom. The minimum Gasteiger partial charge on any atom is -0.328 e. The molecule has 1 aliphatic heterocycles. The number of benzene rings is 2. The van der Waals surface area contributed by atoms with E-state index in [9.17, 15) is 4.79 Å². The van der Waals surface area contributed by atoms with Crippen LogP contribution in [-0.2, 0) is 4.79 Å². The van der Waals surface area contributed by atoms with E-state index in [-0.39, 0.29) is 17.9 Å². The number of hydrogen-bond acceptors (Lipinski definition) is 1. The molecular weight excluding hydrogens is 389 g/mol. The average Bonchev–Trinajstić information content (AvgIpc) is 3.59. The number of amides is 1. The van der Waals surface area contributed by atoms with Crippen LogP contribution in [0.2, 0.25) is 10.0 Å². The number of carbonyl (C=O) groups excluding carboxylic acids is 1. The molecule has 2 aliphatic carbocycles. The fourth-order valence-corrected chi connectivity index (χ4v) is 5.09. The third-order valence-corrected chi connectivity index (χ3v) is 6.80. The van der Waals surface area contributed by atoms with Gasteiger partial charge < -0.3 is 4.90 Å². The fraction of sp³-hybridized carbons (Fsp3) is 0.375. The Kier molecular flexibility index (Phi) is 4.72. The summed E-state index contributed by atoms with van der Waals surface area (Å²) >= 11 is 12.5. The zero-order valence-corrected chi connectivity index (χ0v) is 17.1. The minimum absolute atomic E-state index is 0.0283. The van der Waals surface area contributed by atoms with Crippen molar-refractivity contribution >= 4 is 29.1 Å². The van der Waals surface area contributed by atoms with Crippen LogP contribution in [0.3, 0.4) is 0 Å². The fourth-order valence-electron chi connectivity index (χ4n) is 4.77. The van der Waals surface area contributed by atoms with Gasteiger partial charge in [-0.25, -0.2) is 0 Å². The monoisotopic (exact) mass is 411 g/mol. The van der Waals surface area contributed by atoms with Crippen LogP contribution in [0.1, 0.15) is 48.8 Å². The highest BCUT2D eigenvalue weighted by molar-refractivity contribution is 6.30. The van der Waals surface area contributed by atoms with Crippen LogP contribution in [0.25, 0.3) is 0 Å². The Hall–Kier alpha value is -1.77. The first kappa shape index (κ1) is 18.3. The molecule has 0 aromatic heterocycles. The summed E-state index contributed by atoms with van der Waals surface area (Å²) < 4.78 is 0. The summed E-state index contributed by atoms with van der Waals surface area (Å²) in [6.45, 7) is 0. The molecular formula is C24H23Cl2NO. The van der Waals surface area contributed by atoms with Gasteiger partial charge in [0, 0.05) is 22.0 Å². The number of rotatable bonds is 5. The van der Waals surface area contributed by atoms with Crippen molar-refractivity contribution in [3.8, 4) is 0 Å². The van der Waals surface area contributed by atoms with Crippen molar-refractivity contribution in [2.24, 2.45) is 11.8 Å². The van der Waals surface area contributed by atoms with Crippen molar-refractivity contribution < 1.29 is 4.79 Å². The molecule has 2 nitrogen and oxygen atoms in total. The van der Waals surface area contributed by atoms with Crippen molar-refractivity contribution in [2.75, 3.05) is 0 Å². The van der Waals surface area contributed by atoms with Gasteiger partial charge in [0.1, 0.15) is 0 Å². The molecule has 2 saturated carbocycles. The third-order valence-electron chi connectivity index (χ3n) is 6.32. The number of nitrogens with zero attached hydrogens (tertiary/aromatic N) is 1. The summed E-state index contributed by atoms with van der Waals surface area (Å²) in [4.78, 5) is 15.4. The molecule has 1 heterocycles. The van der Waals surface area contributed by atoms with Crippen LogP contribution in [0.5, 0.6) is 0 Å². The third kappa shape index (κ3) is 3.49. The average molecular weight is 412 g/mol. The van der Waals surface area contributed by atoms with Gasteiger partial charge in [0.2, 0.25) is 5.91 Å². The summed E-state index contributed by atoms with van der Waals surface area (Å²) in [6, 6.07) is 16.3. The molecule has 0 radical (unpaired) electrons. The maximum atomic E-state index is 13.2. The minimum atomic E-state index is -0.0283. The van der Waals surface area contributed by atoms with Crippen LogP contribution in [-0.4, -0.2) is 16.8 Å². The van der Waals surface area contributed by atoms with Crippen molar-refractivity contribution in [2.45, 2.75) is 43.7 Å². The molecule has 3 aliphatic rings. The second-order valence-corrected chi connectivity index (χ2v) is 9.22. The summed E-state index contributed by atoms with van der Waals surface area (Å²) in [6.07, 6.45) is 8.79. The zero-order chi connectivity index (χ0) is 19.3. The Balaban J connectivity index is 1.62. The van der Waals surface area contributed by atoms with E-state index in [1.54, 1.807) is 6.08 Å². The number of hydrogen-bond donors (Lipinski definition) is 0. The normalized spacial score (nSPS) is 24.8. The van der Waals surface area contributed by atoms with Crippen molar-refractivity contribution in [1.82, 2.24) is 4.90 Å². The first-order valence-electron chi connectivity index (χ1n) is 10.1. The molecule has 28 heavy (non-hydrogen) atoms. The lowest BCUT2D eigenvalue weighted by molar-refractivity contribution is -0.133.